The highest BCUT2D eigenvalue weighted by Gasteiger charge is 2.19. The van der Waals surface area contributed by atoms with Crippen molar-refractivity contribution >= 4 is 23.3 Å². The van der Waals surface area contributed by atoms with Crippen molar-refractivity contribution in [3.05, 3.63) is 57.6 Å². The summed E-state index contributed by atoms with van der Waals surface area (Å²) in [6.45, 7) is 1.71. The summed E-state index contributed by atoms with van der Waals surface area (Å²) in [7, 11) is 2.93. The minimum absolute atomic E-state index is 0.0611. The molecular formula is C18H18N2O7. The number of nitro benzene ring substituents is 1. The SMILES string of the molecule is CCOC(=O)c1cc(C(=O)Nc2cc(OC)cc(OC)c2)cc([N+](=O)[O-])c1. The van der Waals surface area contributed by atoms with Crippen molar-refractivity contribution in [3.63, 3.8) is 0 Å². The second-order valence-corrected chi connectivity index (χ2v) is 5.30. The monoisotopic (exact) mass is 374 g/mol. The van der Waals surface area contributed by atoms with Gasteiger partial charge in [0.2, 0.25) is 0 Å². The van der Waals surface area contributed by atoms with Crippen LogP contribution in [0.2, 0.25) is 0 Å². The van der Waals surface area contributed by atoms with Gasteiger partial charge in [0.1, 0.15) is 11.5 Å². The summed E-state index contributed by atoms with van der Waals surface area (Å²) < 4.78 is 15.1. The molecule has 9 nitrogen and oxygen atoms in total. The first-order chi connectivity index (χ1) is 12.9. The summed E-state index contributed by atoms with van der Waals surface area (Å²) in [6, 6.07) is 8.12. The molecule has 0 fully saturated rings. The molecule has 27 heavy (non-hydrogen) atoms. The van der Waals surface area contributed by atoms with E-state index in [1.165, 1.54) is 20.3 Å². The van der Waals surface area contributed by atoms with Crippen LogP contribution < -0.4 is 14.8 Å². The van der Waals surface area contributed by atoms with Gasteiger partial charge in [-0.1, -0.05) is 0 Å². The van der Waals surface area contributed by atoms with Crippen molar-refractivity contribution in [1.82, 2.24) is 0 Å². The van der Waals surface area contributed by atoms with E-state index < -0.39 is 22.5 Å². The Balaban J connectivity index is 2.37. The number of hydrogen-bond acceptors (Lipinski definition) is 7. The summed E-state index contributed by atoms with van der Waals surface area (Å²) in [4.78, 5) is 34.9. The van der Waals surface area contributed by atoms with Gasteiger partial charge in [-0.05, 0) is 13.0 Å². The molecular weight excluding hydrogens is 356 g/mol. The molecule has 0 radical (unpaired) electrons. The second kappa shape index (κ2) is 8.65. The number of methoxy groups -OCH3 is 2. The van der Waals surface area contributed by atoms with E-state index in [0.29, 0.717) is 17.2 Å². The average Bonchev–Trinajstić information content (AvgIpc) is 2.67. The highest BCUT2D eigenvalue weighted by molar-refractivity contribution is 6.06. The number of ether oxygens (including phenoxy) is 3. The van der Waals surface area contributed by atoms with Gasteiger partial charge in [0.05, 0.1) is 31.3 Å². The molecule has 1 amide bonds. The molecule has 142 valence electrons. The van der Waals surface area contributed by atoms with Gasteiger partial charge in [-0.15, -0.1) is 0 Å². The maximum absolute atomic E-state index is 12.6. The predicted molar refractivity (Wildman–Crippen MR) is 96.6 cm³/mol. The van der Waals surface area contributed by atoms with E-state index in [1.807, 2.05) is 0 Å². The van der Waals surface area contributed by atoms with Crippen LogP contribution in [0.5, 0.6) is 11.5 Å². The Hall–Kier alpha value is -3.62. The van der Waals surface area contributed by atoms with Gasteiger partial charge in [0.25, 0.3) is 11.6 Å². The number of anilines is 1. The van der Waals surface area contributed by atoms with E-state index >= 15 is 0 Å². The molecule has 2 rings (SSSR count). The zero-order chi connectivity index (χ0) is 20.0. The van der Waals surface area contributed by atoms with Gasteiger partial charge in [-0.3, -0.25) is 14.9 Å². The molecule has 0 aliphatic rings. The van der Waals surface area contributed by atoms with Crippen LogP contribution in [0.1, 0.15) is 27.6 Å². The Bertz CT molecular complexity index is 858. The Morgan fingerprint density at radius 2 is 1.59 bits per heavy atom. The molecule has 2 aromatic carbocycles. The van der Waals surface area contributed by atoms with Crippen LogP contribution in [0.15, 0.2) is 36.4 Å². The minimum Gasteiger partial charge on any atom is -0.497 e. The van der Waals surface area contributed by atoms with Crippen LogP contribution >= 0.6 is 0 Å². The number of carbonyl (C=O) groups excluding carboxylic acids is 2. The van der Waals surface area contributed by atoms with E-state index in [1.54, 1.807) is 25.1 Å². The number of nitrogens with one attached hydrogen (secondary N) is 1. The quantitative estimate of drug-likeness (QED) is 0.450. The lowest BCUT2D eigenvalue weighted by molar-refractivity contribution is -0.384. The van der Waals surface area contributed by atoms with E-state index in [9.17, 15) is 19.7 Å². The Labute approximate surface area is 155 Å². The molecule has 0 aliphatic carbocycles. The van der Waals surface area contributed by atoms with Crippen LogP contribution in [0.3, 0.4) is 0 Å². The van der Waals surface area contributed by atoms with E-state index in [-0.39, 0.29) is 17.7 Å². The molecule has 0 spiro atoms. The van der Waals surface area contributed by atoms with Crippen LogP contribution in [-0.2, 0) is 4.74 Å². The van der Waals surface area contributed by atoms with Crippen LogP contribution in [0.25, 0.3) is 0 Å². The first-order valence-electron chi connectivity index (χ1n) is 7.89. The third-order valence-corrected chi connectivity index (χ3v) is 3.51. The predicted octanol–water partition coefficient (Wildman–Crippen LogP) is 3.04. The first-order valence-corrected chi connectivity index (χ1v) is 7.89. The van der Waals surface area contributed by atoms with Gasteiger partial charge < -0.3 is 19.5 Å². The van der Waals surface area contributed by atoms with Gasteiger partial charge in [0, 0.05) is 41.6 Å². The van der Waals surface area contributed by atoms with Gasteiger partial charge in [-0.25, -0.2) is 4.79 Å². The topological polar surface area (TPSA) is 117 Å². The third kappa shape index (κ3) is 4.94. The fourth-order valence-corrected chi connectivity index (χ4v) is 2.26. The second-order valence-electron chi connectivity index (χ2n) is 5.30. The molecule has 2 aromatic rings. The zero-order valence-electron chi connectivity index (χ0n) is 15.0. The maximum atomic E-state index is 12.6. The number of non-ortho nitro benzene ring substituents is 1. The van der Waals surface area contributed by atoms with E-state index in [4.69, 9.17) is 14.2 Å². The van der Waals surface area contributed by atoms with Crippen LogP contribution in [0.4, 0.5) is 11.4 Å². The number of nitrogens with zero attached hydrogens (tertiary/aromatic N) is 1. The lowest BCUT2D eigenvalue weighted by Gasteiger charge is -2.10. The molecule has 0 aromatic heterocycles. The van der Waals surface area contributed by atoms with E-state index in [2.05, 4.69) is 5.32 Å². The number of benzene rings is 2. The van der Waals surface area contributed by atoms with E-state index in [0.717, 1.165) is 12.1 Å². The highest BCUT2D eigenvalue weighted by Crippen LogP contribution is 2.26. The normalized spacial score (nSPS) is 10.0. The van der Waals surface area contributed by atoms with Crippen molar-refractivity contribution in [3.8, 4) is 11.5 Å². The largest absolute Gasteiger partial charge is 0.497 e. The van der Waals surface area contributed by atoms with Crippen molar-refractivity contribution in [2.45, 2.75) is 6.92 Å². The lowest BCUT2D eigenvalue weighted by Crippen LogP contribution is -2.14. The molecule has 0 heterocycles. The molecule has 0 saturated carbocycles. The van der Waals surface area contributed by atoms with Crippen molar-refractivity contribution < 1.29 is 28.7 Å². The van der Waals surface area contributed by atoms with Crippen molar-refractivity contribution in [1.29, 1.82) is 0 Å². The summed E-state index contributed by atoms with van der Waals surface area (Å²) in [5.74, 6) is -0.482. The number of rotatable bonds is 7. The number of carbonyl (C=O) groups is 2. The fraction of sp³-hybridized carbons (Fsp3) is 0.222. The molecule has 0 atom stereocenters. The summed E-state index contributed by atoms with van der Waals surface area (Å²) in [5, 5.41) is 13.7. The highest BCUT2D eigenvalue weighted by atomic mass is 16.6. The number of nitro groups is 1. The number of amides is 1. The summed E-state index contributed by atoms with van der Waals surface area (Å²) >= 11 is 0. The molecule has 1 N–H and O–H groups in total. The Kier molecular flexibility index (Phi) is 6.32. The summed E-state index contributed by atoms with van der Waals surface area (Å²) in [5.41, 5.74) is -0.178. The minimum atomic E-state index is -0.752. The Morgan fingerprint density at radius 3 is 2.11 bits per heavy atom. The van der Waals surface area contributed by atoms with Gasteiger partial charge >= 0.3 is 5.97 Å². The lowest BCUT2D eigenvalue weighted by atomic mass is 10.1. The van der Waals surface area contributed by atoms with Crippen LogP contribution in [0, 0.1) is 10.1 Å². The average molecular weight is 374 g/mol. The molecule has 0 bridgehead atoms. The first kappa shape index (κ1) is 19.7. The maximum Gasteiger partial charge on any atom is 0.338 e. The van der Waals surface area contributed by atoms with Crippen LogP contribution in [-0.4, -0.2) is 37.6 Å². The molecule has 0 saturated heterocycles. The number of hydrogen-bond donors (Lipinski definition) is 1. The molecule has 0 unspecified atom stereocenters. The Morgan fingerprint density at radius 1 is 1.00 bits per heavy atom. The van der Waals surface area contributed by atoms with Gasteiger partial charge in [-0.2, -0.15) is 0 Å². The molecule has 9 heteroatoms. The molecule has 0 aliphatic heterocycles. The fourth-order valence-electron chi connectivity index (χ4n) is 2.26. The number of esters is 1. The smallest absolute Gasteiger partial charge is 0.338 e. The van der Waals surface area contributed by atoms with Crippen molar-refractivity contribution in [2.24, 2.45) is 0 Å². The van der Waals surface area contributed by atoms with Crippen molar-refractivity contribution in [2.75, 3.05) is 26.1 Å². The van der Waals surface area contributed by atoms with Gasteiger partial charge in [0.15, 0.2) is 0 Å². The summed E-state index contributed by atoms with van der Waals surface area (Å²) in [6.07, 6.45) is 0. The standard InChI is InChI=1S/C18H18N2O7/c1-4-27-18(22)12-5-11(6-14(7-12)20(23)24)17(21)19-13-8-15(25-2)10-16(9-13)26-3/h5-10H,4H2,1-3H3,(H,19,21). The zero-order valence-corrected chi connectivity index (χ0v) is 15.0. The third-order valence-electron chi connectivity index (χ3n) is 3.51.